The van der Waals surface area contributed by atoms with Gasteiger partial charge in [0, 0.05) is 20.0 Å². The molecule has 0 aliphatic carbocycles. The average molecular weight is 219 g/mol. The second-order valence-corrected chi connectivity index (χ2v) is 3.82. The Hall–Kier alpha value is -1.39. The number of oxazole rings is 1. The van der Waals surface area contributed by atoms with Crippen molar-refractivity contribution < 1.29 is 4.42 Å². The van der Waals surface area contributed by atoms with E-state index in [0.717, 1.165) is 30.6 Å². The van der Waals surface area contributed by atoms with Crippen molar-refractivity contribution in [2.45, 2.75) is 13.3 Å². The third-order valence-electron chi connectivity index (χ3n) is 2.47. The lowest BCUT2D eigenvalue weighted by Crippen LogP contribution is -2.24. The highest BCUT2D eigenvalue weighted by Gasteiger charge is 2.02. The van der Waals surface area contributed by atoms with Crippen molar-refractivity contribution >= 4 is 11.1 Å². The van der Waals surface area contributed by atoms with Gasteiger partial charge in [-0.15, -0.1) is 0 Å². The third kappa shape index (κ3) is 2.59. The topological polar surface area (TPSA) is 64.1 Å². The van der Waals surface area contributed by atoms with Gasteiger partial charge in [-0.3, -0.25) is 0 Å². The molecule has 0 saturated carbocycles. The van der Waals surface area contributed by atoms with Crippen LogP contribution in [0.1, 0.15) is 11.5 Å². The molecule has 0 atom stereocenters. The Balaban J connectivity index is 2.02. The zero-order valence-corrected chi connectivity index (χ0v) is 9.49. The fraction of sp³-hybridized carbons (Fsp3) is 0.417. The van der Waals surface area contributed by atoms with Crippen molar-refractivity contribution in [3.63, 3.8) is 0 Å². The maximum absolute atomic E-state index is 5.42. The zero-order chi connectivity index (χ0) is 11.4. The molecule has 4 heteroatoms. The first-order valence-corrected chi connectivity index (χ1v) is 5.56. The molecule has 2 rings (SSSR count). The molecule has 0 radical (unpaired) electrons. The van der Waals surface area contributed by atoms with Crippen LogP contribution in [0.5, 0.6) is 0 Å². The van der Waals surface area contributed by atoms with Gasteiger partial charge >= 0.3 is 0 Å². The summed E-state index contributed by atoms with van der Waals surface area (Å²) in [7, 11) is 0. The molecule has 2 aromatic rings. The van der Waals surface area contributed by atoms with Gasteiger partial charge < -0.3 is 15.5 Å². The maximum atomic E-state index is 5.42. The monoisotopic (exact) mass is 219 g/mol. The molecule has 0 saturated heterocycles. The molecule has 0 fully saturated rings. The Bertz CT molecular complexity index is 464. The molecule has 86 valence electrons. The first kappa shape index (κ1) is 11.1. The number of benzene rings is 1. The Kier molecular flexibility index (Phi) is 3.54. The maximum Gasteiger partial charge on any atom is 0.192 e. The van der Waals surface area contributed by atoms with E-state index >= 15 is 0 Å². The van der Waals surface area contributed by atoms with Gasteiger partial charge in [-0.25, -0.2) is 4.98 Å². The van der Waals surface area contributed by atoms with Crippen LogP contribution in [-0.4, -0.2) is 24.6 Å². The van der Waals surface area contributed by atoms with E-state index in [1.165, 1.54) is 5.56 Å². The highest BCUT2D eigenvalue weighted by Crippen LogP contribution is 2.16. The summed E-state index contributed by atoms with van der Waals surface area (Å²) in [6, 6.07) is 6.14. The number of nitrogens with one attached hydrogen (secondary N) is 1. The normalized spacial score (nSPS) is 11.1. The molecule has 0 unspecified atom stereocenters. The highest BCUT2D eigenvalue weighted by molar-refractivity contribution is 5.73. The lowest BCUT2D eigenvalue weighted by atomic mass is 10.1. The van der Waals surface area contributed by atoms with Gasteiger partial charge in [-0.05, 0) is 30.7 Å². The van der Waals surface area contributed by atoms with Crippen LogP contribution in [0.2, 0.25) is 0 Å². The number of hydrogen-bond donors (Lipinski definition) is 2. The molecule has 1 aromatic carbocycles. The number of nitrogens with two attached hydrogens (primary N) is 1. The summed E-state index contributed by atoms with van der Waals surface area (Å²) in [5, 5.41) is 3.27. The quantitative estimate of drug-likeness (QED) is 0.742. The van der Waals surface area contributed by atoms with Crippen LogP contribution in [0.3, 0.4) is 0 Å². The summed E-state index contributed by atoms with van der Waals surface area (Å²) in [6.07, 6.45) is 0.988. The molecule has 0 spiro atoms. The van der Waals surface area contributed by atoms with Crippen molar-refractivity contribution in [1.82, 2.24) is 10.3 Å². The Labute approximate surface area is 94.8 Å². The van der Waals surface area contributed by atoms with E-state index in [0.29, 0.717) is 12.4 Å². The van der Waals surface area contributed by atoms with E-state index in [4.69, 9.17) is 10.2 Å². The summed E-state index contributed by atoms with van der Waals surface area (Å²) >= 11 is 0. The fourth-order valence-electron chi connectivity index (χ4n) is 1.70. The lowest BCUT2D eigenvalue weighted by molar-refractivity contribution is 0.561. The van der Waals surface area contributed by atoms with Crippen molar-refractivity contribution in [2.24, 2.45) is 5.73 Å². The lowest BCUT2D eigenvalue weighted by Gasteiger charge is -2.02. The first-order valence-electron chi connectivity index (χ1n) is 5.56. The minimum Gasteiger partial charge on any atom is -0.441 e. The van der Waals surface area contributed by atoms with Gasteiger partial charge in [-0.1, -0.05) is 6.07 Å². The van der Waals surface area contributed by atoms with E-state index in [-0.39, 0.29) is 0 Å². The number of aryl methyl sites for hydroxylation is 1. The molecule has 1 aromatic heterocycles. The van der Waals surface area contributed by atoms with E-state index in [2.05, 4.69) is 22.4 Å². The molecule has 16 heavy (non-hydrogen) atoms. The summed E-state index contributed by atoms with van der Waals surface area (Å²) in [5.74, 6) is 0.716. The smallest absolute Gasteiger partial charge is 0.192 e. The number of rotatable bonds is 5. The van der Waals surface area contributed by atoms with Gasteiger partial charge in [0.2, 0.25) is 0 Å². The average Bonchev–Trinajstić information content (AvgIpc) is 2.64. The SMILES string of the molecule is Cc1nc2cc(CCNCCN)ccc2o1. The molecular formula is C12H17N3O. The highest BCUT2D eigenvalue weighted by atomic mass is 16.3. The zero-order valence-electron chi connectivity index (χ0n) is 9.49. The van der Waals surface area contributed by atoms with E-state index < -0.39 is 0 Å². The van der Waals surface area contributed by atoms with Gasteiger partial charge in [0.15, 0.2) is 11.5 Å². The molecule has 0 amide bonds. The number of aromatic nitrogens is 1. The van der Waals surface area contributed by atoms with Gasteiger partial charge in [0.25, 0.3) is 0 Å². The van der Waals surface area contributed by atoms with E-state index in [9.17, 15) is 0 Å². The van der Waals surface area contributed by atoms with Crippen LogP contribution in [0.4, 0.5) is 0 Å². The van der Waals surface area contributed by atoms with Crippen LogP contribution >= 0.6 is 0 Å². The summed E-state index contributed by atoms with van der Waals surface area (Å²) in [6.45, 7) is 4.36. The second-order valence-electron chi connectivity index (χ2n) is 3.82. The Morgan fingerprint density at radius 3 is 3.06 bits per heavy atom. The van der Waals surface area contributed by atoms with E-state index in [1.807, 2.05) is 13.0 Å². The summed E-state index contributed by atoms with van der Waals surface area (Å²) < 4.78 is 5.42. The Morgan fingerprint density at radius 2 is 2.25 bits per heavy atom. The third-order valence-corrected chi connectivity index (χ3v) is 2.47. The van der Waals surface area contributed by atoms with Crippen LogP contribution in [0.25, 0.3) is 11.1 Å². The molecule has 0 aliphatic heterocycles. The largest absolute Gasteiger partial charge is 0.441 e. The Morgan fingerprint density at radius 1 is 1.38 bits per heavy atom. The molecule has 0 bridgehead atoms. The minimum atomic E-state index is 0.682. The van der Waals surface area contributed by atoms with Crippen LogP contribution in [-0.2, 0) is 6.42 Å². The van der Waals surface area contributed by atoms with Gasteiger partial charge in [0.1, 0.15) is 5.52 Å². The van der Waals surface area contributed by atoms with Crippen LogP contribution in [0.15, 0.2) is 22.6 Å². The predicted molar refractivity (Wildman–Crippen MR) is 64.4 cm³/mol. The summed E-state index contributed by atoms with van der Waals surface area (Å²) in [5.41, 5.74) is 8.47. The van der Waals surface area contributed by atoms with Crippen LogP contribution in [0, 0.1) is 6.92 Å². The second kappa shape index (κ2) is 5.09. The van der Waals surface area contributed by atoms with Crippen molar-refractivity contribution in [2.75, 3.05) is 19.6 Å². The van der Waals surface area contributed by atoms with E-state index in [1.54, 1.807) is 0 Å². The molecule has 1 heterocycles. The van der Waals surface area contributed by atoms with Gasteiger partial charge in [0.05, 0.1) is 0 Å². The van der Waals surface area contributed by atoms with Crippen LogP contribution < -0.4 is 11.1 Å². The number of hydrogen-bond acceptors (Lipinski definition) is 4. The number of nitrogens with zero attached hydrogens (tertiary/aromatic N) is 1. The fourth-order valence-corrected chi connectivity index (χ4v) is 1.70. The first-order chi connectivity index (χ1) is 7.79. The molecular weight excluding hydrogens is 202 g/mol. The molecule has 4 nitrogen and oxygen atoms in total. The predicted octanol–water partition coefficient (Wildman–Crippen LogP) is 1.23. The molecule has 0 aliphatic rings. The van der Waals surface area contributed by atoms with Crippen molar-refractivity contribution in [3.05, 3.63) is 29.7 Å². The summed E-state index contributed by atoms with van der Waals surface area (Å²) in [4.78, 5) is 4.31. The van der Waals surface area contributed by atoms with Gasteiger partial charge in [-0.2, -0.15) is 0 Å². The standard InChI is InChI=1S/C12H17N3O/c1-9-15-11-8-10(2-3-12(11)16-9)4-6-14-7-5-13/h2-3,8,14H,4-7,13H2,1H3. The molecule has 3 N–H and O–H groups in total. The van der Waals surface area contributed by atoms with Crippen molar-refractivity contribution in [3.8, 4) is 0 Å². The minimum absolute atomic E-state index is 0.682. The number of fused-ring (bicyclic) bond motifs is 1. The van der Waals surface area contributed by atoms with Crippen molar-refractivity contribution in [1.29, 1.82) is 0 Å².